The highest BCUT2D eigenvalue weighted by Crippen LogP contribution is 2.19. The third-order valence-corrected chi connectivity index (χ3v) is 5.60. The summed E-state index contributed by atoms with van der Waals surface area (Å²) in [7, 11) is 0. The molecule has 0 radical (unpaired) electrons. The summed E-state index contributed by atoms with van der Waals surface area (Å²) in [4.78, 5) is 60.8. The van der Waals surface area contributed by atoms with Gasteiger partial charge in [-0.05, 0) is 31.3 Å². The second kappa shape index (κ2) is 12.6. The van der Waals surface area contributed by atoms with Crippen LogP contribution in [0.3, 0.4) is 0 Å². The lowest BCUT2D eigenvalue weighted by atomic mass is 10.1. The SMILES string of the molecule is CSCCC(NC(=O)C(CS)NC(=O)C1CCCN1C(=O)C(N)CC(=O)O)C(=O)O. The lowest BCUT2D eigenvalue weighted by molar-refractivity contribution is -0.144. The van der Waals surface area contributed by atoms with Gasteiger partial charge in [0.2, 0.25) is 17.7 Å². The lowest BCUT2D eigenvalue weighted by Gasteiger charge is -2.28. The maximum Gasteiger partial charge on any atom is 0.326 e. The molecule has 6 N–H and O–H groups in total. The summed E-state index contributed by atoms with van der Waals surface area (Å²) in [5.74, 6) is -3.89. The highest BCUT2D eigenvalue weighted by atomic mass is 32.2. The van der Waals surface area contributed by atoms with Gasteiger partial charge in [0.25, 0.3) is 0 Å². The molecule has 0 aromatic rings. The topological polar surface area (TPSA) is 179 Å². The maximum atomic E-state index is 12.7. The molecule has 30 heavy (non-hydrogen) atoms. The van der Waals surface area contributed by atoms with E-state index in [-0.39, 0.29) is 18.7 Å². The number of nitrogens with zero attached hydrogens (tertiary/aromatic N) is 1. The molecule has 1 fully saturated rings. The average molecular weight is 465 g/mol. The van der Waals surface area contributed by atoms with E-state index >= 15 is 0 Å². The third-order valence-electron chi connectivity index (χ3n) is 4.59. The summed E-state index contributed by atoms with van der Waals surface area (Å²) in [5.41, 5.74) is 5.62. The van der Waals surface area contributed by atoms with Crippen LogP contribution < -0.4 is 16.4 Å². The van der Waals surface area contributed by atoms with Gasteiger partial charge in [0.1, 0.15) is 18.1 Å². The number of thiol groups is 1. The Balaban J connectivity index is 2.76. The standard InChI is InChI=1S/C17H28N4O7S2/c1-30-6-4-10(17(27)28)19-14(24)11(8-29)20-15(25)12-3-2-5-21(12)16(26)9(18)7-13(22)23/h9-12,29H,2-8,18H2,1H3,(H,19,24)(H,20,25)(H,22,23)(H,27,28). The van der Waals surface area contributed by atoms with E-state index in [0.29, 0.717) is 18.6 Å². The third kappa shape index (κ3) is 7.69. The number of hydrogen-bond acceptors (Lipinski definition) is 8. The molecule has 0 aromatic heterocycles. The Kier molecular flexibility index (Phi) is 11.0. The van der Waals surface area contributed by atoms with Gasteiger partial charge in [0.05, 0.1) is 12.5 Å². The molecule has 4 unspecified atom stereocenters. The van der Waals surface area contributed by atoms with Crippen molar-refractivity contribution in [1.29, 1.82) is 0 Å². The molecule has 1 aliphatic rings. The van der Waals surface area contributed by atoms with Crippen LogP contribution in [0.5, 0.6) is 0 Å². The number of thioether (sulfide) groups is 1. The molecule has 4 atom stereocenters. The fourth-order valence-corrected chi connectivity index (χ4v) is 3.75. The quantitative estimate of drug-likeness (QED) is 0.188. The zero-order chi connectivity index (χ0) is 22.8. The van der Waals surface area contributed by atoms with Crippen molar-refractivity contribution in [1.82, 2.24) is 15.5 Å². The summed E-state index contributed by atoms with van der Waals surface area (Å²) in [6, 6.07) is -4.35. The first-order valence-corrected chi connectivity index (χ1v) is 11.4. The van der Waals surface area contributed by atoms with Gasteiger partial charge < -0.3 is 31.5 Å². The van der Waals surface area contributed by atoms with Crippen molar-refractivity contribution in [3.63, 3.8) is 0 Å². The smallest absolute Gasteiger partial charge is 0.326 e. The molecule has 0 aromatic carbocycles. The van der Waals surface area contributed by atoms with Gasteiger partial charge in [-0.3, -0.25) is 19.2 Å². The number of carbonyl (C=O) groups excluding carboxylic acids is 3. The molecule has 170 valence electrons. The van der Waals surface area contributed by atoms with Gasteiger partial charge in [0, 0.05) is 12.3 Å². The van der Waals surface area contributed by atoms with Crippen LogP contribution in [0.25, 0.3) is 0 Å². The van der Waals surface area contributed by atoms with Crippen LogP contribution in [0.2, 0.25) is 0 Å². The molecule has 0 spiro atoms. The highest BCUT2D eigenvalue weighted by molar-refractivity contribution is 7.98. The minimum Gasteiger partial charge on any atom is -0.481 e. The van der Waals surface area contributed by atoms with E-state index in [0.717, 1.165) is 0 Å². The van der Waals surface area contributed by atoms with E-state index < -0.39 is 60.2 Å². The fourth-order valence-electron chi connectivity index (χ4n) is 3.02. The zero-order valence-corrected chi connectivity index (χ0v) is 18.3. The van der Waals surface area contributed by atoms with E-state index in [1.165, 1.54) is 16.7 Å². The van der Waals surface area contributed by atoms with Crippen LogP contribution in [0.1, 0.15) is 25.7 Å². The zero-order valence-electron chi connectivity index (χ0n) is 16.6. The number of carbonyl (C=O) groups is 5. The Morgan fingerprint density at radius 2 is 1.87 bits per heavy atom. The molecule has 11 nitrogen and oxygen atoms in total. The predicted octanol–water partition coefficient (Wildman–Crippen LogP) is -1.48. The highest BCUT2D eigenvalue weighted by Gasteiger charge is 2.38. The van der Waals surface area contributed by atoms with Crippen LogP contribution in [0.4, 0.5) is 0 Å². The number of rotatable bonds is 12. The Morgan fingerprint density at radius 3 is 2.40 bits per heavy atom. The van der Waals surface area contributed by atoms with E-state index in [9.17, 15) is 29.1 Å². The van der Waals surface area contributed by atoms with Crippen molar-refractivity contribution in [2.45, 2.75) is 49.9 Å². The summed E-state index contributed by atoms with van der Waals surface area (Å²) >= 11 is 5.50. The number of carboxylic acids is 2. The summed E-state index contributed by atoms with van der Waals surface area (Å²) < 4.78 is 0. The van der Waals surface area contributed by atoms with Gasteiger partial charge in [-0.1, -0.05) is 0 Å². The van der Waals surface area contributed by atoms with Gasteiger partial charge in [0.15, 0.2) is 0 Å². The molecule has 3 amide bonds. The van der Waals surface area contributed by atoms with E-state index in [1.54, 1.807) is 0 Å². The Hall–Kier alpha value is -1.99. The van der Waals surface area contributed by atoms with Gasteiger partial charge in [-0.2, -0.15) is 24.4 Å². The van der Waals surface area contributed by atoms with Gasteiger partial charge in [-0.15, -0.1) is 0 Å². The Morgan fingerprint density at radius 1 is 1.20 bits per heavy atom. The average Bonchev–Trinajstić information content (AvgIpc) is 3.17. The van der Waals surface area contributed by atoms with Gasteiger partial charge in [-0.25, -0.2) is 4.79 Å². The fraction of sp³-hybridized carbons (Fsp3) is 0.706. The molecule has 1 aliphatic heterocycles. The largest absolute Gasteiger partial charge is 0.481 e. The molecule has 1 saturated heterocycles. The normalized spacial score (nSPS) is 18.9. The Bertz CT molecular complexity index is 664. The van der Waals surface area contributed by atoms with E-state index in [2.05, 4.69) is 23.3 Å². The van der Waals surface area contributed by atoms with Crippen LogP contribution in [-0.4, -0.2) is 93.2 Å². The number of nitrogens with two attached hydrogens (primary N) is 1. The number of aliphatic carboxylic acids is 2. The number of amides is 3. The van der Waals surface area contributed by atoms with Crippen molar-refractivity contribution in [3.8, 4) is 0 Å². The number of hydrogen-bond donors (Lipinski definition) is 6. The number of nitrogens with one attached hydrogen (secondary N) is 2. The Labute approximate surface area is 183 Å². The number of likely N-dealkylation sites (tertiary alicyclic amines) is 1. The van der Waals surface area contributed by atoms with Crippen molar-refractivity contribution in [2.75, 3.05) is 24.3 Å². The van der Waals surface area contributed by atoms with Crippen molar-refractivity contribution in [2.24, 2.45) is 5.73 Å². The summed E-state index contributed by atoms with van der Waals surface area (Å²) in [5, 5.41) is 22.9. The van der Waals surface area contributed by atoms with Crippen LogP contribution in [-0.2, 0) is 24.0 Å². The van der Waals surface area contributed by atoms with E-state index in [1.807, 2.05) is 6.26 Å². The summed E-state index contributed by atoms with van der Waals surface area (Å²) in [6.45, 7) is 0.248. The molecule has 0 aliphatic carbocycles. The first-order valence-electron chi connectivity index (χ1n) is 9.33. The molecule has 0 bridgehead atoms. The predicted molar refractivity (Wildman–Crippen MR) is 113 cm³/mol. The second-order valence-electron chi connectivity index (χ2n) is 6.82. The molecule has 13 heteroatoms. The molecule has 1 rings (SSSR count). The maximum absolute atomic E-state index is 12.7. The summed E-state index contributed by atoms with van der Waals surface area (Å²) in [6.07, 6.45) is 2.34. The first kappa shape index (κ1) is 26.0. The van der Waals surface area contributed by atoms with Crippen LogP contribution in [0, 0.1) is 0 Å². The minimum absolute atomic E-state index is 0.0777. The van der Waals surface area contributed by atoms with Crippen LogP contribution >= 0.6 is 24.4 Å². The van der Waals surface area contributed by atoms with E-state index in [4.69, 9.17) is 10.8 Å². The lowest BCUT2D eigenvalue weighted by Crippen LogP contribution is -2.57. The monoisotopic (exact) mass is 464 g/mol. The molecule has 0 saturated carbocycles. The van der Waals surface area contributed by atoms with Crippen molar-refractivity contribution >= 4 is 54.1 Å². The van der Waals surface area contributed by atoms with Gasteiger partial charge >= 0.3 is 11.9 Å². The molecular formula is C17H28N4O7S2. The number of carboxylic acid groups (broad SMARTS) is 2. The first-order chi connectivity index (χ1) is 14.1. The van der Waals surface area contributed by atoms with Crippen LogP contribution in [0.15, 0.2) is 0 Å². The van der Waals surface area contributed by atoms with Crippen molar-refractivity contribution < 1.29 is 34.2 Å². The van der Waals surface area contributed by atoms with Crippen molar-refractivity contribution in [3.05, 3.63) is 0 Å². The molecular weight excluding hydrogens is 436 g/mol. The molecule has 1 heterocycles. The second-order valence-corrected chi connectivity index (χ2v) is 8.17. The minimum atomic E-state index is -1.27.